The molecule has 0 heterocycles. The molecule has 2 rings (SSSR count). The van der Waals surface area contributed by atoms with Gasteiger partial charge in [-0.3, -0.25) is 4.72 Å². The van der Waals surface area contributed by atoms with Crippen LogP contribution in [0.5, 0.6) is 0 Å². The van der Waals surface area contributed by atoms with Crippen LogP contribution in [0.25, 0.3) is 0 Å². The lowest BCUT2D eigenvalue weighted by atomic mass is 10.1. The highest BCUT2D eigenvalue weighted by Gasteiger charge is 2.18. The number of sulfonamides is 1. The van der Waals surface area contributed by atoms with Crippen LogP contribution in [0.3, 0.4) is 0 Å². The smallest absolute Gasteiger partial charge is 0.262 e. The number of benzene rings is 2. The molecule has 2 aromatic carbocycles. The second-order valence-corrected chi connectivity index (χ2v) is 6.33. The first-order valence-corrected chi connectivity index (χ1v) is 7.81. The average molecular weight is 290 g/mol. The summed E-state index contributed by atoms with van der Waals surface area (Å²) < 4.78 is 27.5. The van der Waals surface area contributed by atoms with Crippen LogP contribution in [0, 0.1) is 13.8 Å². The second-order valence-electron chi connectivity index (χ2n) is 4.68. The van der Waals surface area contributed by atoms with Crippen molar-refractivity contribution in [2.75, 3.05) is 4.72 Å². The summed E-state index contributed by atoms with van der Waals surface area (Å²) in [7, 11) is -3.60. The maximum atomic E-state index is 12.4. The summed E-state index contributed by atoms with van der Waals surface area (Å²) in [5, 5.41) is 0. The molecular formula is C15H18N2O2S. The highest BCUT2D eigenvalue weighted by atomic mass is 32.2. The van der Waals surface area contributed by atoms with Gasteiger partial charge in [0.25, 0.3) is 10.0 Å². The van der Waals surface area contributed by atoms with Crippen molar-refractivity contribution in [1.82, 2.24) is 0 Å². The van der Waals surface area contributed by atoms with Gasteiger partial charge in [-0.2, -0.15) is 0 Å². The van der Waals surface area contributed by atoms with Crippen LogP contribution in [-0.4, -0.2) is 8.42 Å². The van der Waals surface area contributed by atoms with Gasteiger partial charge in [-0.25, -0.2) is 8.42 Å². The van der Waals surface area contributed by atoms with Crippen molar-refractivity contribution in [3.63, 3.8) is 0 Å². The molecule has 0 aliphatic heterocycles. The van der Waals surface area contributed by atoms with E-state index in [0.29, 0.717) is 11.3 Å². The van der Waals surface area contributed by atoms with Gasteiger partial charge in [0.1, 0.15) is 0 Å². The SMILES string of the molecule is Cc1ccccc1S(=O)(=O)Nc1cccc(C)c1CN. The number of anilines is 1. The number of hydrogen-bond donors (Lipinski definition) is 2. The largest absolute Gasteiger partial charge is 0.326 e. The molecule has 3 N–H and O–H groups in total. The van der Waals surface area contributed by atoms with E-state index in [-0.39, 0.29) is 11.4 Å². The van der Waals surface area contributed by atoms with E-state index in [2.05, 4.69) is 4.72 Å². The molecule has 0 spiro atoms. The molecule has 5 heteroatoms. The number of aryl methyl sites for hydroxylation is 2. The molecule has 4 nitrogen and oxygen atoms in total. The molecule has 106 valence electrons. The standard InChI is InChI=1S/C15H18N2O2S/c1-11-7-5-8-14(13(11)10-16)17-20(18,19)15-9-4-3-6-12(15)2/h3-9,17H,10,16H2,1-2H3. The second kappa shape index (κ2) is 5.64. The molecule has 0 unspecified atom stereocenters. The molecule has 2 aromatic rings. The summed E-state index contributed by atoms with van der Waals surface area (Å²) in [4.78, 5) is 0.282. The molecule has 0 atom stereocenters. The van der Waals surface area contributed by atoms with E-state index < -0.39 is 10.0 Å². The van der Waals surface area contributed by atoms with Crippen LogP contribution >= 0.6 is 0 Å². The van der Waals surface area contributed by atoms with Gasteiger partial charge in [-0.05, 0) is 42.7 Å². The third-order valence-electron chi connectivity index (χ3n) is 3.24. The first-order chi connectivity index (χ1) is 9.45. The van der Waals surface area contributed by atoms with Gasteiger partial charge in [0.15, 0.2) is 0 Å². The Kier molecular flexibility index (Phi) is 4.11. The van der Waals surface area contributed by atoms with Gasteiger partial charge < -0.3 is 5.73 Å². The van der Waals surface area contributed by atoms with Crippen LogP contribution < -0.4 is 10.5 Å². The van der Waals surface area contributed by atoms with Gasteiger partial charge in [-0.15, -0.1) is 0 Å². The Balaban J connectivity index is 2.44. The van der Waals surface area contributed by atoms with Crippen molar-refractivity contribution >= 4 is 15.7 Å². The minimum Gasteiger partial charge on any atom is -0.326 e. The Bertz CT molecular complexity index is 724. The average Bonchev–Trinajstić information content (AvgIpc) is 2.39. The fourth-order valence-electron chi connectivity index (χ4n) is 2.13. The monoisotopic (exact) mass is 290 g/mol. The van der Waals surface area contributed by atoms with E-state index >= 15 is 0 Å². The van der Waals surface area contributed by atoms with Crippen molar-refractivity contribution in [2.45, 2.75) is 25.3 Å². The highest BCUT2D eigenvalue weighted by molar-refractivity contribution is 7.92. The normalized spacial score (nSPS) is 11.3. The van der Waals surface area contributed by atoms with E-state index in [4.69, 9.17) is 5.73 Å². The Morgan fingerprint density at radius 2 is 1.65 bits per heavy atom. The predicted molar refractivity (Wildman–Crippen MR) is 81.1 cm³/mol. The topological polar surface area (TPSA) is 72.2 Å². The number of hydrogen-bond acceptors (Lipinski definition) is 3. The molecule has 0 aliphatic rings. The molecule has 0 saturated heterocycles. The number of nitrogens with one attached hydrogen (secondary N) is 1. The van der Waals surface area contributed by atoms with E-state index in [1.807, 2.05) is 25.1 Å². The van der Waals surface area contributed by atoms with Crippen molar-refractivity contribution in [1.29, 1.82) is 0 Å². The van der Waals surface area contributed by atoms with Crippen molar-refractivity contribution in [3.05, 3.63) is 59.2 Å². The van der Waals surface area contributed by atoms with Crippen molar-refractivity contribution in [3.8, 4) is 0 Å². The highest BCUT2D eigenvalue weighted by Crippen LogP contribution is 2.23. The number of nitrogens with two attached hydrogens (primary N) is 1. The van der Waals surface area contributed by atoms with E-state index in [1.165, 1.54) is 0 Å². The van der Waals surface area contributed by atoms with Crippen LogP contribution in [-0.2, 0) is 16.6 Å². The zero-order valence-corrected chi connectivity index (χ0v) is 12.4. The minimum atomic E-state index is -3.60. The molecule has 0 bridgehead atoms. The summed E-state index contributed by atoms with van der Waals surface area (Å²) in [5.41, 5.74) is 8.73. The molecule has 20 heavy (non-hydrogen) atoms. The number of rotatable bonds is 4. The summed E-state index contributed by atoms with van der Waals surface area (Å²) in [6, 6.07) is 12.3. The van der Waals surface area contributed by atoms with Crippen LogP contribution in [0.2, 0.25) is 0 Å². The summed E-state index contributed by atoms with van der Waals surface area (Å²) in [5.74, 6) is 0. The van der Waals surface area contributed by atoms with E-state index in [9.17, 15) is 8.42 Å². The molecule has 0 radical (unpaired) electrons. The van der Waals surface area contributed by atoms with Crippen LogP contribution in [0.1, 0.15) is 16.7 Å². The molecular weight excluding hydrogens is 272 g/mol. The van der Waals surface area contributed by atoms with E-state index in [0.717, 1.165) is 11.1 Å². The van der Waals surface area contributed by atoms with Crippen molar-refractivity contribution < 1.29 is 8.42 Å². The van der Waals surface area contributed by atoms with Gasteiger partial charge >= 0.3 is 0 Å². The van der Waals surface area contributed by atoms with Crippen LogP contribution in [0.4, 0.5) is 5.69 Å². The maximum Gasteiger partial charge on any atom is 0.262 e. The molecule has 0 amide bonds. The summed E-state index contributed by atoms with van der Waals surface area (Å²) in [6.45, 7) is 3.97. The lowest BCUT2D eigenvalue weighted by Crippen LogP contribution is -2.16. The Labute approximate surface area is 119 Å². The third kappa shape index (κ3) is 2.84. The Morgan fingerprint density at radius 1 is 1.00 bits per heavy atom. The lowest BCUT2D eigenvalue weighted by Gasteiger charge is -2.14. The zero-order valence-electron chi connectivity index (χ0n) is 11.6. The Morgan fingerprint density at radius 3 is 2.30 bits per heavy atom. The van der Waals surface area contributed by atoms with Crippen LogP contribution in [0.15, 0.2) is 47.4 Å². The quantitative estimate of drug-likeness (QED) is 0.909. The lowest BCUT2D eigenvalue weighted by molar-refractivity contribution is 0.600. The summed E-state index contributed by atoms with van der Waals surface area (Å²) in [6.07, 6.45) is 0. The molecule has 0 aromatic heterocycles. The first-order valence-electron chi connectivity index (χ1n) is 6.32. The maximum absolute atomic E-state index is 12.4. The van der Waals surface area contributed by atoms with Gasteiger partial charge in [0.2, 0.25) is 0 Å². The molecule has 0 aliphatic carbocycles. The fourth-order valence-corrected chi connectivity index (χ4v) is 3.47. The third-order valence-corrected chi connectivity index (χ3v) is 4.77. The molecule has 0 saturated carbocycles. The van der Waals surface area contributed by atoms with Gasteiger partial charge in [0, 0.05) is 6.54 Å². The fraction of sp³-hybridized carbons (Fsp3) is 0.200. The predicted octanol–water partition coefficient (Wildman–Crippen LogP) is 2.56. The van der Waals surface area contributed by atoms with E-state index in [1.54, 1.807) is 31.2 Å². The van der Waals surface area contributed by atoms with Gasteiger partial charge in [0.05, 0.1) is 10.6 Å². The van der Waals surface area contributed by atoms with Crippen molar-refractivity contribution in [2.24, 2.45) is 5.73 Å². The minimum absolute atomic E-state index is 0.282. The zero-order chi connectivity index (χ0) is 14.8. The Hall–Kier alpha value is -1.85. The molecule has 0 fully saturated rings. The first kappa shape index (κ1) is 14.6. The van der Waals surface area contributed by atoms with Gasteiger partial charge in [-0.1, -0.05) is 30.3 Å². The summed E-state index contributed by atoms with van der Waals surface area (Å²) >= 11 is 0.